The van der Waals surface area contributed by atoms with Crippen LogP contribution in [0.5, 0.6) is 5.75 Å². The summed E-state index contributed by atoms with van der Waals surface area (Å²) >= 11 is 0. The molecule has 0 unspecified atom stereocenters. The first-order valence-corrected chi connectivity index (χ1v) is 7.07. The molecular formula is C17H19N2O. The molecule has 0 atom stereocenters. The highest BCUT2D eigenvalue weighted by molar-refractivity contribution is 5.49. The Kier molecular flexibility index (Phi) is 4.19. The van der Waals surface area contributed by atoms with Gasteiger partial charge >= 0.3 is 0 Å². The molecule has 0 N–H and O–H groups in total. The largest absolute Gasteiger partial charge is 0.489 e. The first kappa shape index (κ1) is 13.0. The Labute approximate surface area is 120 Å². The highest BCUT2D eigenvalue weighted by Crippen LogP contribution is 2.20. The molecule has 1 aliphatic rings. The molecule has 3 rings (SSSR count). The molecule has 0 spiro atoms. The molecule has 3 nitrogen and oxygen atoms in total. The number of nitrogens with zero attached hydrogens (tertiary/aromatic N) is 2. The van der Waals surface area contributed by atoms with Crippen molar-refractivity contribution in [1.82, 2.24) is 5.32 Å². The van der Waals surface area contributed by atoms with Gasteiger partial charge in [-0.1, -0.05) is 30.3 Å². The van der Waals surface area contributed by atoms with Crippen molar-refractivity contribution in [2.24, 2.45) is 0 Å². The maximum absolute atomic E-state index is 5.80. The van der Waals surface area contributed by atoms with Gasteiger partial charge in [0, 0.05) is 31.9 Å². The molecule has 0 aliphatic carbocycles. The summed E-state index contributed by atoms with van der Waals surface area (Å²) < 4.78 is 5.80. The molecule has 0 aromatic heterocycles. The molecule has 103 valence electrons. The van der Waals surface area contributed by atoms with Crippen molar-refractivity contribution in [3.8, 4) is 5.75 Å². The third-order valence-electron chi connectivity index (χ3n) is 3.51. The van der Waals surface area contributed by atoms with Crippen molar-refractivity contribution >= 4 is 5.69 Å². The lowest BCUT2D eigenvalue weighted by Crippen LogP contribution is -2.40. The summed E-state index contributed by atoms with van der Waals surface area (Å²) in [5.41, 5.74) is 2.45. The van der Waals surface area contributed by atoms with E-state index in [0.717, 1.165) is 31.9 Å². The van der Waals surface area contributed by atoms with E-state index < -0.39 is 0 Å². The minimum absolute atomic E-state index is 0.614. The van der Waals surface area contributed by atoms with Crippen molar-refractivity contribution in [2.75, 3.05) is 31.1 Å². The molecule has 2 aromatic rings. The van der Waals surface area contributed by atoms with Gasteiger partial charge in [-0.3, -0.25) is 0 Å². The van der Waals surface area contributed by atoms with Crippen LogP contribution in [0, 0.1) is 0 Å². The van der Waals surface area contributed by atoms with E-state index in [9.17, 15) is 0 Å². The number of benzene rings is 2. The molecule has 0 amide bonds. The summed E-state index contributed by atoms with van der Waals surface area (Å²) in [6.07, 6.45) is 0. The Morgan fingerprint density at radius 1 is 0.900 bits per heavy atom. The minimum Gasteiger partial charge on any atom is -0.489 e. The van der Waals surface area contributed by atoms with Gasteiger partial charge in [-0.15, -0.1) is 0 Å². The van der Waals surface area contributed by atoms with E-state index >= 15 is 0 Å². The van der Waals surface area contributed by atoms with E-state index in [2.05, 4.69) is 34.5 Å². The Morgan fingerprint density at radius 2 is 1.60 bits per heavy atom. The standard InChI is InChI=1S/C17H19N2O/c1-2-4-15(5-3-1)14-20-17-8-6-16(7-9-17)19-12-10-18-11-13-19/h1-9H,10-14H2. The summed E-state index contributed by atoms with van der Waals surface area (Å²) in [6.45, 7) is 4.52. The van der Waals surface area contributed by atoms with Crippen molar-refractivity contribution in [3.05, 3.63) is 60.2 Å². The summed E-state index contributed by atoms with van der Waals surface area (Å²) in [5.74, 6) is 0.916. The monoisotopic (exact) mass is 267 g/mol. The fourth-order valence-corrected chi connectivity index (χ4v) is 2.36. The molecule has 1 aliphatic heterocycles. The quantitative estimate of drug-likeness (QED) is 0.851. The van der Waals surface area contributed by atoms with Crippen LogP contribution in [0.2, 0.25) is 0 Å². The molecule has 3 heteroatoms. The Balaban J connectivity index is 1.58. The van der Waals surface area contributed by atoms with Gasteiger partial charge in [-0.25, -0.2) is 5.32 Å². The summed E-state index contributed by atoms with van der Waals surface area (Å²) in [7, 11) is 0. The molecule has 0 saturated carbocycles. The second-order valence-electron chi connectivity index (χ2n) is 4.93. The van der Waals surface area contributed by atoms with Crippen LogP contribution in [0.15, 0.2) is 54.6 Å². The van der Waals surface area contributed by atoms with Crippen LogP contribution in [-0.2, 0) is 6.61 Å². The first-order valence-electron chi connectivity index (χ1n) is 7.07. The Morgan fingerprint density at radius 3 is 2.30 bits per heavy atom. The van der Waals surface area contributed by atoms with Crippen LogP contribution in [-0.4, -0.2) is 26.2 Å². The molecule has 1 heterocycles. The highest BCUT2D eigenvalue weighted by atomic mass is 16.5. The van der Waals surface area contributed by atoms with Gasteiger partial charge in [0.05, 0.1) is 0 Å². The third kappa shape index (κ3) is 3.31. The fraction of sp³-hybridized carbons (Fsp3) is 0.294. The molecule has 0 bridgehead atoms. The van der Waals surface area contributed by atoms with Crippen LogP contribution in [0.3, 0.4) is 0 Å². The van der Waals surface area contributed by atoms with Crippen molar-refractivity contribution in [1.29, 1.82) is 0 Å². The van der Waals surface area contributed by atoms with Gasteiger partial charge in [-0.05, 0) is 29.8 Å². The van der Waals surface area contributed by atoms with E-state index in [1.54, 1.807) is 0 Å². The molecule has 20 heavy (non-hydrogen) atoms. The van der Waals surface area contributed by atoms with Gasteiger partial charge < -0.3 is 9.64 Å². The van der Waals surface area contributed by atoms with Gasteiger partial charge in [0.2, 0.25) is 0 Å². The average Bonchev–Trinajstić information content (AvgIpc) is 2.55. The van der Waals surface area contributed by atoms with Gasteiger partial charge in [-0.2, -0.15) is 0 Å². The summed E-state index contributed by atoms with van der Waals surface area (Å²) in [6, 6.07) is 18.6. The van der Waals surface area contributed by atoms with Crippen LogP contribution >= 0.6 is 0 Å². The number of hydrogen-bond donors (Lipinski definition) is 0. The van der Waals surface area contributed by atoms with E-state index in [1.807, 2.05) is 30.3 Å². The summed E-state index contributed by atoms with van der Waals surface area (Å²) in [5, 5.41) is 4.37. The van der Waals surface area contributed by atoms with Crippen LogP contribution in [0.25, 0.3) is 0 Å². The number of anilines is 1. The fourth-order valence-electron chi connectivity index (χ4n) is 2.36. The SMILES string of the molecule is c1ccc(COc2ccc(N3CC[N]CC3)cc2)cc1. The minimum atomic E-state index is 0.614. The highest BCUT2D eigenvalue weighted by Gasteiger charge is 2.10. The van der Waals surface area contributed by atoms with E-state index in [0.29, 0.717) is 6.61 Å². The molecule has 1 saturated heterocycles. The molecule has 1 fully saturated rings. The lowest BCUT2D eigenvalue weighted by Gasteiger charge is -2.28. The molecule has 2 aromatic carbocycles. The second-order valence-corrected chi connectivity index (χ2v) is 4.93. The lowest BCUT2D eigenvalue weighted by molar-refractivity contribution is 0.306. The third-order valence-corrected chi connectivity index (χ3v) is 3.51. The van der Waals surface area contributed by atoms with Gasteiger partial charge in [0.1, 0.15) is 12.4 Å². The zero-order chi connectivity index (χ0) is 13.6. The van der Waals surface area contributed by atoms with Crippen molar-refractivity contribution in [2.45, 2.75) is 6.61 Å². The van der Waals surface area contributed by atoms with Crippen molar-refractivity contribution < 1.29 is 4.74 Å². The van der Waals surface area contributed by atoms with Gasteiger partial charge in [0.15, 0.2) is 0 Å². The lowest BCUT2D eigenvalue weighted by atomic mass is 10.2. The predicted octanol–water partition coefficient (Wildman–Crippen LogP) is 2.69. The first-order chi connectivity index (χ1) is 9.92. The van der Waals surface area contributed by atoms with Crippen LogP contribution in [0.4, 0.5) is 5.69 Å². The number of piperazine rings is 1. The normalized spacial score (nSPS) is 15.1. The van der Waals surface area contributed by atoms with Crippen molar-refractivity contribution in [3.63, 3.8) is 0 Å². The Hall–Kier alpha value is -2.00. The maximum atomic E-state index is 5.80. The van der Waals surface area contributed by atoms with E-state index in [1.165, 1.54) is 11.3 Å². The Bertz CT molecular complexity index is 518. The number of ether oxygens (including phenoxy) is 1. The molecule has 1 radical (unpaired) electrons. The molecular weight excluding hydrogens is 248 g/mol. The van der Waals surface area contributed by atoms with Crippen LogP contribution < -0.4 is 15.0 Å². The van der Waals surface area contributed by atoms with E-state index in [4.69, 9.17) is 4.74 Å². The van der Waals surface area contributed by atoms with Crippen LogP contribution in [0.1, 0.15) is 5.56 Å². The number of rotatable bonds is 4. The topological polar surface area (TPSA) is 26.6 Å². The number of hydrogen-bond acceptors (Lipinski definition) is 2. The summed E-state index contributed by atoms with van der Waals surface area (Å²) in [4.78, 5) is 2.37. The smallest absolute Gasteiger partial charge is 0.119 e. The zero-order valence-electron chi connectivity index (χ0n) is 11.5. The average molecular weight is 267 g/mol. The zero-order valence-corrected chi connectivity index (χ0v) is 11.5. The van der Waals surface area contributed by atoms with Gasteiger partial charge in [0.25, 0.3) is 0 Å². The maximum Gasteiger partial charge on any atom is 0.119 e. The van der Waals surface area contributed by atoms with E-state index in [-0.39, 0.29) is 0 Å². The second kappa shape index (κ2) is 6.44. The predicted molar refractivity (Wildman–Crippen MR) is 81.3 cm³/mol.